The third-order valence-corrected chi connectivity index (χ3v) is 3.92. The van der Waals surface area contributed by atoms with Crippen molar-refractivity contribution >= 4 is 5.91 Å². The Hall–Kier alpha value is -2.14. The van der Waals surface area contributed by atoms with Gasteiger partial charge in [0.05, 0.1) is 13.2 Å². The number of carbonyl (C=O) groups excluding carboxylic acids is 1. The largest absolute Gasteiger partial charge is 0.367 e. The van der Waals surface area contributed by atoms with Crippen LogP contribution in [0.4, 0.5) is 0 Å². The number of ether oxygens (including phenoxy) is 1. The van der Waals surface area contributed by atoms with Gasteiger partial charge in [0.2, 0.25) is 5.91 Å². The molecule has 1 saturated heterocycles. The van der Waals surface area contributed by atoms with Crippen molar-refractivity contribution in [2.75, 3.05) is 19.7 Å². The van der Waals surface area contributed by atoms with Crippen molar-refractivity contribution in [3.05, 3.63) is 53.6 Å². The SMILES string of the molecule is Cc1cnc([C@@H]2CN(C(=O)CCc3ccccc3)CCO2)[nH]1. The number of benzene rings is 1. The molecule has 1 atom stereocenters. The van der Waals surface area contributed by atoms with E-state index in [0.29, 0.717) is 26.1 Å². The van der Waals surface area contributed by atoms with Crippen LogP contribution in [0.15, 0.2) is 36.5 Å². The summed E-state index contributed by atoms with van der Waals surface area (Å²) in [6, 6.07) is 10.1. The van der Waals surface area contributed by atoms with Gasteiger partial charge in [-0.15, -0.1) is 0 Å². The van der Waals surface area contributed by atoms with Crippen LogP contribution >= 0.6 is 0 Å². The van der Waals surface area contributed by atoms with Gasteiger partial charge >= 0.3 is 0 Å². The first-order valence-corrected chi connectivity index (χ1v) is 7.67. The van der Waals surface area contributed by atoms with Crippen molar-refractivity contribution in [3.8, 4) is 0 Å². The summed E-state index contributed by atoms with van der Waals surface area (Å²) in [5.74, 6) is 0.985. The maximum atomic E-state index is 12.4. The van der Waals surface area contributed by atoms with Crippen molar-refractivity contribution < 1.29 is 9.53 Å². The average Bonchev–Trinajstić information content (AvgIpc) is 3.00. The van der Waals surface area contributed by atoms with E-state index in [1.54, 1.807) is 6.20 Å². The van der Waals surface area contributed by atoms with Gasteiger partial charge in [-0.1, -0.05) is 30.3 Å². The lowest BCUT2D eigenvalue weighted by atomic mass is 10.1. The summed E-state index contributed by atoms with van der Waals surface area (Å²) in [6.07, 6.45) is 2.95. The molecular formula is C17H21N3O2. The quantitative estimate of drug-likeness (QED) is 0.942. The molecule has 1 aromatic heterocycles. The number of rotatable bonds is 4. The highest BCUT2D eigenvalue weighted by Crippen LogP contribution is 2.20. The second-order valence-corrected chi connectivity index (χ2v) is 5.64. The highest BCUT2D eigenvalue weighted by atomic mass is 16.5. The number of aromatic nitrogens is 2. The fourth-order valence-electron chi connectivity index (χ4n) is 2.69. The molecule has 1 aromatic carbocycles. The van der Waals surface area contributed by atoms with Crippen LogP contribution in [0, 0.1) is 6.92 Å². The van der Waals surface area contributed by atoms with Gasteiger partial charge in [-0.2, -0.15) is 0 Å². The Morgan fingerprint density at radius 2 is 2.23 bits per heavy atom. The fraction of sp³-hybridized carbons (Fsp3) is 0.412. The van der Waals surface area contributed by atoms with Crippen LogP contribution < -0.4 is 0 Å². The highest BCUT2D eigenvalue weighted by Gasteiger charge is 2.26. The molecular weight excluding hydrogens is 278 g/mol. The van der Waals surface area contributed by atoms with Crippen molar-refractivity contribution in [2.24, 2.45) is 0 Å². The lowest BCUT2D eigenvalue weighted by molar-refractivity contribution is -0.139. The van der Waals surface area contributed by atoms with Gasteiger partial charge in [-0.3, -0.25) is 4.79 Å². The number of H-pyrrole nitrogens is 1. The molecule has 2 heterocycles. The van der Waals surface area contributed by atoms with E-state index in [4.69, 9.17) is 4.74 Å². The Balaban J connectivity index is 1.56. The molecule has 1 aliphatic heterocycles. The number of imidazole rings is 1. The molecule has 0 radical (unpaired) electrons. The Kier molecular flexibility index (Phi) is 4.53. The fourth-order valence-corrected chi connectivity index (χ4v) is 2.69. The molecule has 0 bridgehead atoms. The van der Waals surface area contributed by atoms with Crippen molar-refractivity contribution in [1.29, 1.82) is 0 Å². The first-order valence-electron chi connectivity index (χ1n) is 7.67. The Labute approximate surface area is 130 Å². The summed E-state index contributed by atoms with van der Waals surface area (Å²) in [5.41, 5.74) is 2.20. The molecule has 0 spiro atoms. The molecule has 0 unspecified atom stereocenters. The molecule has 2 aromatic rings. The molecule has 1 amide bonds. The van der Waals surface area contributed by atoms with Crippen LogP contribution in [-0.4, -0.2) is 40.5 Å². The number of nitrogens with zero attached hydrogens (tertiary/aromatic N) is 2. The first-order chi connectivity index (χ1) is 10.7. The van der Waals surface area contributed by atoms with E-state index in [-0.39, 0.29) is 12.0 Å². The van der Waals surface area contributed by atoms with E-state index < -0.39 is 0 Å². The third-order valence-electron chi connectivity index (χ3n) is 3.92. The zero-order valence-electron chi connectivity index (χ0n) is 12.8. The maximum absolute atomic E-state index is 12.4. The third kappa shape index (κ3) is 3.54. The van der Waals surface area contributed by atoms with Crippen LogP contribution in [0.5, 0.6) is 0 Å². The van der Waals surface area contributed by atoms with Crippen LogP contribution in [0.25, 0.3) is 0 Å². The molecule has 116 valence electrons. The lowest BCUT2D eigenvalue weighted by Crippen LogP contribution is -2.42. The van der Waals surface area contributed by atoms with E-state index in [1.165, 1.54) is 5.56 Å². The Morgan fingerprint density at radius 1 is 1.41 bits per heavy atom. The van der Waals surface area contributed by atoms with Gasteiger partial charge in [0.1, 0.15) is 11.9 Å². The Morgan fingerprint density at radius 3 is 2.95 bits per heavy atom. The highest BCUT2D eigenvalue weighted by molar-refractivity contribution is 5.76. The van der Waals surface area contributed by atoms with Gasteiger partial charge < -0.3 is 14.6 Å². The zero-order chi connectivity index (χ0) is 15.4. The van der Waals surface area contributed by atoms with Crippen LogP contribution in [0.2, 0.25) is 0 Å². The molecule has 1 fully saturated rings. The van der Waals surface area contributed by atoms with Crippen molar-refractivity contribution in [1.82, 2.24) is 14.9 Å². The van der Waals surface area contributed by atoms with Gasteiger partial charge in [-0.25, -0.2) is 4.98 Å². The van der Waals surface area contributed by atoms with E-state index in [9.17, 15) is 4.79 Å². The zero-order valence-corrected chi connectivity index (χ0v) is 12.8. The normalized spacial score (nSPS) is 18.4. The summed E-state index contributed by atoms with van der Waals surface area (Å²) in [7, 11) is 0. The van der Waals surface area contributed by atoms with Crippen LogP contribution in [-0.2, 0) is 16.0 Å². The predicted molar refractivity (Wildman–Crippen MR) is 83.4 cm³/mol. The second kappa shape index (κ2) is 6.75. The van der Waals surface area contributed by atoms with Crippen LogP contribution in [0.3, 0.4) is 0 Å². The van der Waals surface area contributed by atoms with E-state index >= 15 is 0 Å². The summed E-state index contributed by atoms with van der Waals surface area (Å²) in [4.78, 5) is 21.8. The monoisotopic (exact) mass is 299 g/mol. The lowest BCUT2D eigenvalue weighted by Gasteiger charge is -2.32. The summed E-state index contributed by atoms with van der Waals surface area (Å²) < 4.78 is 5.73. The maximum Gasteiger partial charge on any atom is 0.223 e. The number of aromatic amines is 1. The molecule has 1 aliphatic rings. The molecule has 0 aliphatic carbocycles. The predicted octanol–water partition coefficient (Wildman–Crippen LogP) is 2.25. The molecule has 5 heteroatoms. The smallest absolute Gasteiger partial charge is 0.223 e. The first kappa shape index (κ1) is 14.8. The number of hydrogen-bond acceptors (Lipinski definition) is 3. The molecule has 22 heavy (non-hydrogen) atoms. The van der Waals surface area contributed by atoms with Crippen molar-refractivity contribution in [3.63, 3.8) is 0 Å². The number of hydrogen-bond donors (Lipinski definition) is 1. The molecule has 0 saturated carbocycles. The number of amides is 1. The van der Waals surface area contributed by atoms with Crippen molar-refractivity contribution in [2.45, 2.75) is 25.9 Å². The molecule has 3 rings (SSSR count). The minimum atomic E-state index is -0.150. The number of aryl methyl sites for hydroxylation is 2. The number of nitrogens with one attached hydrogen (secondary N) is 1. The number of morpholine rings is 1. The van der Waals surface area contributed by atoms with Crippen LogP contribution in [0.1, 0.15) is 29.6 Å². The van der Waals surface area contributed by atoms with Gasteiger partial charge in [-0.05, 0) is 18.9 Å². The number of carbonyl (C=O) groups is 1. The van der Waals surface area contributed by atoms with Gasteiger partial charge in [0.15, 0.2) is 0 Å². The minimum Gasteiger partial charge on any atom is -0.367 e. The topological polar surface area (TPSA) is 58.2 Å². The van der Waals surface area contributed by atoms with Gasteiger partial charge in [0.25, 0.3) is 0 Å². The second-order valence-electron chi connectivity index (χ2n) is 5.64. The van der Waals surface area contributed by atoms with E-state index in [0.717, 1.165) is 17.9 Å². The summed E-state index contributed by atoms with van der Waals surface area (Å²) in [6.45, 7) is 3.74. The van der Waals surface area contributed by atoms with E-state index in [2.05, 4.69) is 22.1 Å². The summed E-state index contributed by atoms with van der Waals surface area (Å²) in [5, 5.41) is 0. The Bertz CT molecular complexity index is 624. The standard InChI is InChI=1S/C17H21N3O2/c1-13-11-18-17(19-13)15-12-20(9-10-22-15)16(21)8-7-14-5-3-2-4-6-14/h2-6,11,15H,7-10,12H2,1H3,(H,18,19)/t15-/m0/s1. The molecule has 1 N–H and O–H groups in total. The minimum absolute atomic E-state index is 0.150. The average molecular weight is 299 g/mol. The van der Waals surface area contributed by atoms with E-state index in [1.807, 2.05) is 30.0 Å². The molecule has 5 nitrogen and oxygen atoms in total. The van der Waals surface area contributed by atoms with Gasteiger partial charge in [0, 0.05) is 24.9 Å². The summed E-state index contributed by atoms with van der Waals surface area (Å²) >= 11 is 0.